The second-order valence-electron chi connectivity index (χ2n) is 7.22. The first-order valence-electron chi connectivity index (χ1n) is 10.2. The zero-order valence-corrected chi connectivity index (χ0v) is 19.6. The third-order valence-corrected chi connectivity index (χ3v) is 6.55. The van der Waals surface area contributed by atoms with Gasteiger partial charge in [0.2, 0.25) is 0 Å². The first-order chi connectivity index (χ1) is 17.1. The Morgan fingerprint density at radius 3 is 2.17 bits per heavy atom. The van der Waals surface area contributed by atoms with Gasteiger partial charge in [0.25, 0.3) is 21.6 Å². The number of nitrogens with one attached hydrogen (secondary N) is 1. The van der Waals surface area contributed by atoms with E-state index < -0.39 is 45.9 Å². The Morgan fingerprint density at radius 1 is 0.972 bits per heavy atom. The van der Waals surface area contributed by atoms with Crippen LogP contribution in [0.25, 0.3) is 0 Å². The van der Waals surface area contributed by atoms with Crippen molar-refractivity contribution in [2.75, 3.05) is 29.9 Å². The summed E-state index contributed by atoms with van der Waals surface area (Å²) in [6.45, 7) is -1.10. The number of hydrogen-bond donors (Lipinski definition) is 1. The largest absolute Gasteiger partial charge is 0.482 e. The molecule has 188 valence electrons. The van der Waals surface area contributed by atoms with E-state index in [1.807, 2.05) is 0 Å². The van der Waals surface area contributed by atoms with Crippen molar-refractivity contribution in [3.63, 3.8) is 0 Å². The average Bonchev–Trinajstić information content (AvgIpc) is 2.86. The van der Waals surface area contributed by atoms with Gasteiger partial charge in [-0.1, -0.05) is 0 Å². The van der Waals surface area contributed by atoms with E-state index in [9.17, 15) is 32.5 Å². The van der Waals surface area contributed by atoms with Crippen LogP contribution in [0.5, 0.6) is 5.75 Å². The number of amides is 1. The molecule has 0 saturated heterocycles. The standard InChI is InChI=1S/C23H20FN3O8S/c1-26(36(32,33)21-12-2-16(24)3-13-21)18-8-10-20(11-9-18)34-15-23(29)35-14-22(28)25-17-4-6-19(7-5-17)27(30)31/h2-13H,14-15H2,1H3,(H,25,28). The van der Waals surface area contributed by atoms with Crippen molar-refractivity contribution in [1.82, 2.24) is 0 Å². The van der Waals surface area contributed by atoms with Crippen molar-refractivity contribution >= 4 is 39.0 Å². The average molecular weight is 517 g/mol. The Bertz CT molecular complexity index is 1350. The second-order valence-corrected chi connectivity index (χ2v) is 9.19. The maximum Gasteiger partial charge on any atom is 0.344 e. The summed E-state index contributed by atoms with van der Waals surface area (Å²) >= 11 is 0. The lowest BCUT2D eigenvalue weighted by Gasteiger charge is -2.19. The Hall–Kier alpha value is -4.52. The topological polar surface area (TPSA) is 145 Å². The molecule has 0 unspecified atom stereocenters. The summed E-state index contributed by atoms with van der Waals surface area (Å²) < 4.78 is 49.6. The van der Waals surface area contributed by atoms with Crippen LogP contribution in [0.2, 0.25) is 0 Å². The molecular weight excluding hydrogens is 497 g/mol. The minimum absolute atomic E-state index is 0.0768. The molecule has 1 amide bonds. The van der Waals surface area contributed by atoms with E-state index in [1.54, 1.807) is 0 Å². The zero-order chi connectivity index (χ0) is 26.3. The van der Waals surface area contributed by atoms with Gasteiger partial charge in [0.05, 0.1) is 15.5 Å². The number of ether oxygens (including phenoxy) is 2. The lowest BCUT2D eigenvalue weighted by Crippen LogP contribution is -2.26. The Morgan fingerprint density at radius 2 is 1.58 bits per heavy atom. The maximum absolute atomic E-state index is 13.1. The third kappa shape index (κ3) is 6.76. The molecule has 0 aliphatic rings. The van der Waals surface area contributed by atoms with Crippen molar-refractivity contribution in [3.05, 3.63) is 88.7 Å². The van der Waals surface area contributed by atoms with Gasteiger partial charge in [-0.2, -0.15) is 0 Å². The number of esters is 1. The molecule has 0 saturated carbocycles. The van der Waals surface area contributed by atoms with Crippen LogP contribution < -0.4 is 14.4 Å². The third-order valence-electron chi connectivity index (χ3n) is 4.76. The van der Waals surface area contributed by atoms with Crippen LogP contribution in [0.3, 0.4) is 0 Å². The van der Waals surface area contributed by atoms with Crippen molar-refractivity contribution in [2.45, 2.75) is 4.90 Å². The van der Waals surface area contributed by atoms with Gasteiger partial charge in [0.15, 0.2) is 13.2 Å². The first-order valence-corrected chi connectivity index (χ1v) is 11.7. The summed E-state index contributed by atoms with van der Waals surface area (Å²) in [6.07, 6.45) is 0. The maximum atomic E-state index is 13.1. The minimum atomic E-state index is -3.91. The molecule has 3 rings (SSSR count). The number of sulfonamides is 1. The fourth-order valence-electron chi connectivity index (χ4n) is 2.85. The fourth-order valence-corrected chi connectivity index (χ4v) is 4.04. The molecule has 0 aliphatic carbocycles. The van der Waals surface area contributed by atoms with Crippen LogP contribution in [0.1, 0.15) is 0 Å². The minimum Gasteiger partial charge on any atom is -0.482 e. The smallest absolute Gasteiger partial charge is 0.344 e. The van der Waals surface area contributed by atoms with Crippen LogP contribution in [-0.2, 0) is 24.3 Å². The molecule has 0 radical (unpaired) electrons. The molecule has 0 heterocycles. The molecule has 13 heteroatoms. The highest BCUT2D eigenvalue weighted by Crippen LogP contribution is 2.24. The molecule has 0 atom stereocenters. The number of rotatable bonds is 10. The van der Waals surface area contributed by atoms with E-state index in [0.29, 0.717) is 11.4 Å². The van der Waals surface area contributed by atoms with Crippen LogP contribution in [0.4, 0.5) is 21.5 Å². The summed E-state index contributed by atoms with van der Waals surface area (Å²) in [4.78, 5) is 33.7. The van der Waals surface area contributed by atoms with Gasteiger partial charge in [-0.25, -0.2) is 17.6 Å². The molecule has 0 spiro atoms. The molecule has 0 bridgehead atoms. The van der Waals surface area contributed by atoms with Gasteiger partial charge < -0.3 is 14.8 Å². The number of carbonyl (C=O) groups is 2. The lowest BCUT2D eigenvalue weighted by molar-refractivity contribution is -0.384. The summed E-state index contributed by atoms with van der Waals surface area (Å²) in [5.41, 5.74) is 0.465. The highest BCUT2D eigenvalue weighted by Gasteiger charge is 2.21. The molecule has 3 aromatic carbocycles. The predicted molar refractivity (Wildman–Crippen MR) is 127 cm³/mol. The van der Waals surface area contributed by atoms with E-state index in [0.717, 1.165) is 28.6 Å². The number of nitrogens with zero attached hydrogens (tertiary/aromatic N) is 2. The Kier molecular flexibility index (Phi) is 8.17. The summed E-state index contributed by atoms with van der Waals surface area (Å²) in [6, 6.07) is 15.4. The van der Waals surface area contributed by atoms with Crippen molar-refractivity contribution in [1.29, 1.82) is 0 Å². The molecule has 1 N–H and O–H groups in total. The molecule has 11 nitrogen and oxygen atoms in total. The first kappa shape index (κ1) is 26.1. The number of anilines is 2. The van der Waals surface area contributed by atoms with E-state index in [1.165, 1.54) is 55.6 Å². The number of benzene rings is 3. The number of nitro benzene ring substituents is 1. The summed E-state index contributed by atoms with van der Waals surface area (Å²) in [5, 5.41) is 13.1. The van der Waals surface area contributed by atoms with Gasteiger partial charge in [-0.3, -0.25) is 19.2 Å². The molecular formula is C23H20FN3O8S. The predicted octanol–water partition coefficient (Wildman–Crippen LogP) is 3.12. The fraction of sp³-hybridized carbons (Fsp3) is 0.130. The van der Waals surface area contributed by atoms with E-state index in [2.05, 4.69) is 5.32 Å². The SMILES string of the molecule is CN(c1ccc(OCC(=O)OCC(=O)Nc2ccc([N+](=O)[O-])cc2)cc1)S(=O)(=O)c1ccc(F)cc1. The summed E-state index contributed by atoms with van der Waals surface area (Å²) in [5.74, 6) is -1.78. The van der Waals surface area contributed by atoms with Crippen molar-refractivity contribution < 1.29 is 36.8 Å². The van der Waals surface area contributed by atoms with E-state index in [4.69, 9.17) is 9.47 Å². The van der Waals surface area contributed by atoms with Crippen LogP contribution in [0, 0.1) is 15.9 Å². The molecule has 0 aliphatic heterocycles. The van der Waals surface area contributed by atoms with Crippen LogP contribution >= 0.6 is 0 Å². The molecule has 0 fully saturated rings. The highest BCUT2D eigenvalue weighted by atomic mass is 32.2. The van der Waals surface area contributed by atoms with Gasteiger partial charge in [-0.05, 0) is 60.7 Å². The van der Waals surface area contributed by atoms with Crippen molar-refractivity contribution in [2.24, 2.45) is 0 Å². The quantitative estimate of drug-likeness (QED) is 0.245. The van der Waals surface area contributed by atoms with E-state index in [-0.39, 0.29) is 16.3 Å². The molecule has 3 aromatic rings. The highest BCUT2D eigenvalue weighted by molar-refractivity contribution is 7.92. The zero-order valence-electron chi connectivity index (χ0n) is 18.8. The monoisotopic (exact) mass is 517 g/mol. The van der Waals surface area contributed by atoms with Crippen molar-refractivity contribution in [3.8, 4) is 5.75 Å². The van der Waals surface area contributed by atoms with Crippen LogP contribution in [0.15, 0.2) is 77.7 Å². The normalized spacial score (nSPS) is 10.8. The molecule has 0 aromatic heterocycles. The number of non-ortho nitro benzene ring substituents is 1. The Labute approximate surface area is 205 Å². The number of halogens is 1. The number of hydrogen-bond acceptors (Lipinski definition) is 8. The second kappa shape index (κ2) is 11.3. The van der Waals surface area contributed by atoms with Gasteiger partial charge >= 0.3 is 5.97 Å². The Balaban J connectivity index is 1.47. The summed E-state index contributed by atoms with van der Waals surface area (Å²) in [7, 11) is -2.57. The lowest BCUT2D eigenvalue weighted by atomic mass is 10.3. The van der Waals surface area contributed by atoms with Gasteiger partial charge in [0, 0.05) is 24.9 Å². The van der Waals surface area contributed by atoms with Gasteiger partial charge in [-0.15, -0.1) is 0 Å². The molecule has 36 heavy (non-hydrogen) atoms. The van der Waals surface area contributed by atoms with E-state index >= 15 is 0 Å². The van der Waals surface area contributed by atoms with Crippen LogP contribution in [-0.4, -0.2) is 45.5 Å². The number of carbonyl (C=O) groups excluding carboxylic acids is 2. The number of nitro groups is 1. The van der Waals surface area contributed by atoms with Gasteiger partial charge in [0.1, 0.15) is 11.6 Å².